The molecular formula is C14H15N3O3. The van der Waals surface area contributed by atoms with Crippen molar-refractivity contribution >= 4 is 23.1 Å². The maximum absolute atomic E-state index is 12.3. The molecule has 0 aliphatic heterocycles. The van der Waals surface area contributed by atoms with Gasteiger partial charge in [0.05, 0.1) is 23.3 Å². The third-order valence-corrected chi connectivity index (χ3v) is 3.14. The number of amides is 1. The largest absolute Gasteiger partial charge is 0.370 e. The minimum Gasteiger partial charge on any atom is -0.370 e. The molecule has 1 amide bonds. The fourth-order valence-electron chi connectivity index (χ4n) is 2.04. The summed E-state index contributed by atoms with van der Waals surface area (Å²) in [6.45, 7) is 1.91. The van der Waals surface area contributed by atoms with Crippen LogP contribution in [0, 0.1) is 6.92 Å². The van der Waals surface area contributed by atoms with Crippen molar-refractivity contribution in [2.24, 2.45) is 5.73 Å². The number of aromatic nitrogens is 2. The van der Waals surface area contributed by atoms with Crippen LogP contribution in [0.25, 0.3) is 10.9 Å². The first kappa shape index (κ1) is 13.9. The van der Waals surface area contributed by atoms with E-state index in [-0.39, 0.29) is 18.4 Å². The lowest BCUT2D eigenvalue weighted by Crippen LogP contribution is -2.27. The predicted octanol–water partition coefficient (Wildman–Crippen LogP) is 0.710. The minimum absolute atomic E-state index is 0.0434. The highest BCUT2D eigenvalue weighted by Gasteiger charge is 2.14. The summed E-state index contributed by atoms with van der Waals surface area (Å²) >= 11 is 0. The van der Waals surface area contributed by atoms with E-state index in [4.69, 9.17) is 5.73 Å². The summed E-state index contributed by atoms with van der Waals surface area (Å²) in [5, 5.41) is 0.448. The van der Waals surface area contributed by atoms with E-state index in [1.54, 1.807) is 12.1 Å². The fourth-order valence-corrected chi connectivity index (χ4v) is 2.04. The molecule has 0 bridgehead atoms. The van der Waals surface area contributed by atoms with Crippen LogP contribution in [0.1, 0.15) is 24.4 Å². The molecule has 1 aromatic carbocycles. The number of carbonyl (C=O) groups excluding carboxylic acids is 2. The smallest absolute Gasteiger partial charge is 0.261 e. The zero-order valence-electron chi connectivity index (χ0n) is 11.1. The summed E-state index contributed by atoms with van der Waals surface area (Å²) in [4.78, 5) is 38.4. The number of hydrogen-bond acceptors (Lipinski definition) is 4. The van der Waals surface area contributed by atoms with Crippen LogP contribution in [-0.2, 0) is 9.59 Å². The maximum atomic E-state index is 12.3. The van der Waals surface area contributed by atoms with Gasteiger partial charge in [-0.3, -0.25) is 14.2 Å². The Balaban J connectivity index is 2.46. The van der Waals surface area contributed by atoms with Gasteiger partial charge in [0.2, 0.25) is 5.91 Å². The van der Waals surface area contributed by atoms with Gasteiger partial charge in [0.25, 0.3) is 5.56 Å². The van der Waals surface area contributed by atoms with E-state index in [9.17, 15) is 14.4 Å². The molecule has 0 radical (unpaired) electrons. The summed E-state index contributed by atoms with van der Waals surface area (Å²) in [5.74, 6) is -0.505. The van der Waals surface area contributed by atoms with E-state index in [2.05, 4.69) is 4.98 Å². The monoisotopic (exact) mass is 273 g/mol. The van der Waals surface area contributed by atoms with Gasteiger partial charge in [-0.25, -0.2) is 4.98 Å². The average molecular weight is 273 g/mol. The van der Waals surface area contributed by atoms with Crippen molar-refractivity contribution in [2.45, 2.75) is 25.8 Å². The Labute approximate surface area is 115 Å². The molecular weight excluding hydrogens is 258 g/mol. The van der Waals surface area contributed by atoms with Crippen LogP contribution in [0.4, 0.5) is 0 Å². The molecule has 2 rings (SSSR count). The van der Waals surface area contributed by atoms with Gasteiger partial charge < -0.3 is 10.5 Å². The Morgan fingerprint density at radius 2 is 2.25 bits per heavy atom. The van der Waals surface area contributed by atoms with E-state index in [1.807, 2.05) is 13.0 Å². The van der Waals surface area contributed by atoms with Crippen molar-refractivity contribution in [1.29, 1.82) is 0 Å². The number of primary amides is 1. The van der Waals surface area contributed by atoms with Crippen LogP contribution in [0.5, 0.6) is 0 Å². The number of nitrogens with two attached hydrogens (primary N) is 1. The molecule has 2 N–H and O–H groups in total. The molecule has 2 aromatic rings. The Kier molecular flexibility index (Phi) is 3.93. The number of aryl methyl sites for hydroxylation is 1. The number of nitrogens with zero attached hydrogens (tertiary/aromatic N) is 2. The molecule has 20 heavy (non-hydrogen) atoms. The van der Waals surface area contributed by atoms with Crippen molar-refractivity contribution in [2.75, 3.05) is 0 Å². The lowest BCUT2D eigenvalue weighted by Gasteiger charge is -2.13. The Hall–Kier alpha value is -2.50. The Bertz CT molecular complexity index is 721. The lowest BCUT2D eigenvalue weighted by atomic mass is 10.1. The summed E-state index contributed by atoms with van der Waals surface area (Å²) in [6.07, 6.45) is 2.20. The van der Waals surface area contributed by atoms with Crippen molar-refractivity contribution in [3.63, 3.8) is 0 Å². The van der Waals surface area contributed by atoms with E-state index < -0.39 is 11.9 Å². The molecule has 0 spiro atoms. The van der Waals surface area contributed by atoms with E-state index in [1.165, 1.54) is 10.9 Å². The SMILES string of the molecule is Cc1ccc2c(=O)n(C(C=O)CCC(N)=O)cnc2c1. The van der Waals surface area contributed by atoms with Gasteiger partial charge in [-0.2, -0.15) is 0 Å². The van der Waals surface area contributed by atoms with Gasteiger partial charge in [0.1, 0.15) is 6.29 Å². The number of hydrogen-bond donors (Lipinski definition) is 1. The zero-order valence-corrected chi connectivity index (χ0v) is 11.1. The van der Waals surface area contributed by atoms with Gasteiger partial charge in [-0.1, -0.05) is 6.07 Å². The summed E-state index contributed by atoms with van der Waals surface area (Å²) in [7, 11) is 0. The quantitative estimate of drug-likeness (QED) is 0.811. The first-order valence-corrected chi connectivity index (χ1v) is 6.24. The second-order valence-electron chi connectivity index (χ2n) is 4.69. The molecule has 104 valence electrons. The maximum Gasteiger partial charge on any atom is 0.261 e. The molecule has 0 saturated carbocycles. The molecule has 0 saturated heterocycles. The average Bonchev–Trinajstić information content (AvgIpc) is 2.41. The van der Waals surface area contributed by atoms with Gasteiger partial charge in [0, 0.05) is 6.42 Å². The molecule has 1 atom stereocenters. The van der Waals surface area contributed by atoms with E-state index in [0.29, 0.717) is 17.2 Å². The lowest BCUT2D eigenvalue weighted by molar-refractivity contribution is -0.118. The zero-order chi connectivity index (χ0) is 14.7. The second-order valence-corrected chi connectivity index (χ2v) is 4.69. The Morgan fingerprint density at radius 3 is 2.90 bits per heavy atom. The highest BCUT2D eigenvalue weighted by Crippen LogP contribution is 2.13. The molecule has 0 aliphatic rings. The second kappa shape index (κ2) is 5.64. The highest BCUT2D eigenvalue weighted by molar-refractivity contribution is 5.78. The van der Waals surface area contributed by atoms with E-state index >= 15 is 0 Å². The van der Waals surface area contributed by atoms with Crippen LogP contribution in [0.3, 0.4) is 0 Å². The number of fused-ring (bicyclic) bond motifs is 1. The van der Waals surface area contributed by atoms with Crippen LogP contribution >= 0.6 is 0 Å². The first-order valence-electron chi connectivity index (χ1n) is 6.24. The third kappa shape index (κ3) is 2.74. The normalized spacial score (nSPS) is 12.2. The Morgan fingerprint density at radius 1 is 1.50 bits per heavy atom. The molecule has 1 heterocycles. The number of rotatable bonds is 5. The topological polar surface area (TPSA) is 95.0 Å². The summed E-state index contributed by atoms with van der Waals surface area (Å²) in [5.41, 5.74) is 6.36. The molecule has 1 aromatic heterocycles. The molecule has 0 fully saturated rings. The summed E-state index contributed by atoms with van der Waals surface area (Å²) < 4.78 is 1.24. The van der Waals surface area contributed by atoms with Crippen LogP contribution in [-0.4, -0.2) is 21.7 Å². The summed E-state index contributed by atoms with van der Waals surface area (Å²) in [6, 6.07) is 4.58. The minimum atomic E-state index is -0.729. The van der Waals surface area contributed by atoms with Crippen LogP contribution in [0.2, 0.25) is 0 Å². The van der Waals surface area contributed by atoms with Crippen molar-refractivity contribution in [3.8, 4) is 0 Å². The van der Waals surface area contributed by atoms with Crippen molar-refractivity contribution in [3.05, 3.63) is 40.4 Å². The van der Waals surface area contributed by atoms with Gasteiger partial charge in [-0.15, -0.1) is 0 Å². The molecule has 6 heteroatoms. The van der Waals surface area contributed by atoms with Crippen molar-refractivity contribution < 1.29 is 9.59 Å². The fraction of sp³-hybridized carbons (Fsp3) is 0.286. The number of carbonyl (C=O) groups is 2. The van der Waals surface area contributed by atoms with Gasteiger partial charge >= 0.3 is 0 Å². The van der Waals surface area contributed by atoms with Crippen molar-refractivity contribution in [1.82, 2.24) is 9.55 Å². The van der Waals surface area contributed by atoms with Crippen LogP contribution in [0.15, 0.2) is 29.3 Å². The predicted molar refractivity (Wildman–Crippen MR) is 74.3 cm³/mol. The number of aldehydes is 1. The molecule has 6 nitrogen and oxygen atoms in total. The third-order valence-electron chi connectivity index (χ3n) is 3.14. The van der Waals surface area contributed by atoms with Crippen LogP contribution < -0.4 is 11.3 Å². The molecule has 1 unspecified atom stereocenters. The first-order chi connectivity index (χ1) is 9.52. The van der Waals surface area contributed by atoms with E-state index in [0.717, 1.165) is 5.56 Å². The van der Waals surface area contributed by atoms with Gasteiger partial charge in [-0.05, 0) is 31.0 Å². The number of benzene rings is 1. The molecule has 0 aliphatic carbocycles. The highest BCUT2D eigenvalue weighted by atomic mass is 16.1. The standard InChI is InChI=1S/C14H15N3O3/c1-9-2-4-11-12(6-9)16-8-17(14(11)20)10(7-18)3-5-13(15)19/h2,4,6-8,10H,3,5H2,1H3,(H2,15,19). The van der Waals surface area contributed by atoms with Gasteiger partial charge in [0.15, 0.2) is 0 Å².